The van der Waals surface area contributed by atoms with E-state index in [9.17, 15) is 13.2 Å². The van der Waals surface area contributed by atoms with Crippen LogP contribution in [0.2, 0.25) is 5.02 Å². The van der Waals surface area contributed by atoms with Gasteiger partial charge in [0.2, 0.25) is 15.9 Å². The Morgan fingerprint density at radius 1 is 1.40 bits per heavy atom. The standard InChI is InChI=1S/C17H25ClN2O4S/c1-3-9-19-17(21)13-6-5-10-20(12-13)25(22,23)16-11-14(18)7-8-15(16)24-4-2/h7-8,11,13H,3-6,9-10,12H2,1-2H3,(H,19,21)/t13-/m0/s1. The van der Waals surface area contributed by atoms with E-state index in [4.69, 9.17) is 16.3 Å². The topological polar surface area (TPSA) is 75.7 Å². The van der Waals surface area contributed by atoms with Crippen LogP contribution in [0.3, 0.4) is 0 Å². The highest BCUT2D eigenvalue weighted by Crippen LogP contribution is 2.32. The Hall–Kier alpha value is -1.31. The minimum Gasteiger partial charge on any atom is -0.492 e. The molecule has 0 aliphatic carbocycles. The molecule has 1 heterocycles. The normalized spacial score (nSPS) is 18.8. The van der Waals surface area contributed by atoms with Crippen LogP contribution in [-0.4, -0.2) is 44.9 Å². The van der Waals surface area contributed by atoms with E-state index in [1.807, 2.05) is 6.92 Å². The van der Waals surface area contributed by atoms with Gasteiger partial charge in [-0.3, -0.25) is 4.79 Å². The molecule has 1 atom stereocenters. The molecule has 0 bridgehead atoms. The zero-order chi connectivity index (χ0) is 18.4. The van der Waals surface area contributed by atoms with Crippen LogP contribution in [0.15, 0.2) is 23.1 Å². The van der Waals surface area contributed by atoms with Crippen LogP contribution >= 0.6 is 11.6 Å². The molecule has 1 aromatic rings. The molecule has 1 fully saturated rings. The average Bonchev–Trinajstić information content (AvgIpc) is 2.61. The van der Waals surface area contributed by atoms with Crippen molar-refractivity contribution in [3.63, 3.8) is 0 Å². The summed E-state index contributed by atoms with van der Waals surface area (Å²) in [6.07, 6.45) is 2.18. The Morgan fingerprint density at radius 3 is 2.84 bits per heavy atom. The Kier molecular flexibility index (Phi) is 7.10. The number of hydrogen-bond donors (Lipinski definition) is 1. The highest BCUT2D eigenvalue weighted by molar-refractivity contribution is 7.89. The molecular formula is C17H25ClN2O4S. The maximum atomic E-state index is 13.1. The average molecular weight is 389 g/mol. The Labute approximate surface area is 154 Å². The molecule has 2 rings (SSSR count). The van der Waals surface area contributed by atoms with Crippen LogP contribution in [0, 0.1) is 5.92 Å². The molecule has 0 aromatic heterocycles. The third-order valence-electron chi connectivity index (χ3n) is 4.13. The van der Waals surface area contributed by atoms with E-state index in [0.29, 0.717) is 37.6 Å². The van der Waals surface area contributed by atoms with Gasteiger partial charge in [-0.05, 0) is 44.4 Å². The van der Waals surface area contributed by atoms with E-state index < -0.39 is 10.0 Å². The molecule has 25 heavy (non-hydrogen) atoms. The lowest BCUT2D eigenvalue weighted by molar-refractivity contribution is -0.126. The third-order valence-corrected chi connectivity index (χ3v) is 6.25. The zero-order valence-electron chi connectivity index (χ0n) is 14.6. The summed E-state index contributed by atoms with van der Waals surface area (Å²) in [7, 11) is -3.78. The number of halogens is 1. The minimum atomic E-state index is -3.78. The third kappa shape index (κ3) is 4.86. The van der Waals surface area contributed by atoms with Crippen LogP contribution in [0.5, 0.6) is 5.75 Å². The number of carbonyl (C=O) groups excluding carboxylic acids is 1. The fraction of sp³-hybridized carbons (Fsp3) is 0.588. The van der Waals surface area contributed by atoms with Crippen molar-refractivity contribution in [2.75, 3.05) is 26.2 Å². The molecule has 1 amide bonds. The van der Waals surface area contributed by atoms with Gasteiger partial charge in [-0.2, -0.15) is 4.31 Å². The summed E-state index contributed by atoms with van der Waals surface area (Å²) in [4.78, 5) is 12.3. The van der Waals surface area contributed by atoms with Crippen LogP contribution < -0.4 is 10.1 Å². The van der Waals surface area contributed by atoms with Gasteiger partial charge in [0.15, 0.2) is 0 Å². The van der Waals surface area contributed by atoms with Gasteiger partial charge in [0.1, 0.15) is 10.6 Å². The molecule has 0 spiro atoms. The first-order chi connectivity index (χ1) is 11.9. The minimum absolute atomic E-state index is 0.0523. The van der Waals surface area contributed by atoms with Crippen molar-refractivity contribution >= 4 is 27.5 Å². The first-order valence-corrected chi connectivity index (χ1v) is 10.4. The van der Waals surface area contributed by atoms with Crippen molar-refractivity contribution in [1.29, 1.82) is 0 Å². The summed E-state index contributed by atoms with van der Waals surface area (Å²) >= 11 is 6.00. The van der Waals surface area contributed by atoms with Crippen molar-refractivity contribution in [3.8, 4) is 5.75 Å². The monoisotopic (exact) mass is 388 g/mol. The Morgan fingerprint density at radius 2 is 2.16 bits per heavy atom. The molecule has 0 radical (unpaired) electrons. The first-order valence-electron chi connectivity index (χ1n) is 8.60. The molecule has 140 valence electrons. The van der Waals surface area contributed by atoms with E-state index in [0.717, 1.165) is 6.42 Å². The van der Waals surface area contributed by atoms with Gasteiger partial charge in [-0.1, -0.05) is 18.5 Å². The van der Waals surface area contributed by atoms with E-state index in [1.54, 1.807) is 19.1 Å². The Bertz CT molecular complexity index is 709. The molecule has 0 saturated carbocycles. The number of hydrogen-bond acceptors (Lipinski definition) is 4. The zero-order valence-corrected chi connectivity index (χ0v) is 16.2. The number of nitrogens with zero attached hydrogens (tertiary/aromatic N) is 1. The SMILES string of the molecule is CCCNC(=O)[C@H]1CCCN(S(=O)(=O)c2cc(Cl)ccc2OCC)C1. The molecule has 0 unspecified atom stereocenters. The maximum Gasteiger partial charge on any atom is 0.246 e. The number of amides is 1. The summed E-state index contributed by atoms with van der Waals surface area (Å²) in [5.74, 6) is -0.132. The van der Waals surface area contributed by atoms with Crippen LogP contribution in [0.25, 0.3) is 0 Å². The van der Waals surface area contributed by atoms with Crippen molar-refractivity contribution in [1.82, 2.24) is 9.62 Å². The van der Waals surface area contributed by atoms with Crippen LogP contribution in [0.4, 0.5) is 0 Å². The van der Waals surface area contributed by atoms with E-state index >= 15 is 0 Å². The fourth-order valence-corrected chi connectivity index (χ4v) is 4.78. The number of ether oxygens (including phenoxy) is 1. The summed E-state index contributed by atoms with van der Waals surface area (Å²) < 4.78 is 33.0. The number of benzene rings is 1. The molecule has 1 N–H and O–H groups in total. The number of sulfonamides is 1. The Balaban J connectivity index is 2.24. The number of rotatable bonds is 7. The quantitative estimate of drug-likeness (QED) is 0.779. The number of nitrogens with one attached hydrogen (secondary N) is 1. The van der Waals surface area contributed by atoms with Gasteiger partial charge >= 0.3 is 0 Å². The lowest BCUT2D eigenvalue weighted by Gasteiger charge is -2.31. The highest BCUT2D eigenvalue weighted by Gasteiger charge is 2.34. The lowest BCUT2D eigenvalue weighted by Crippen LogP contribution is -2.45. The van der Waals surface area contributed by atoms with Gasteiger partial charge < -0.3 is 10.1 Å². The molecule has 1 aliphatic rings. The molecule has 6 nitrogen and oxygen atoms in total. The summed E-state index contributed by atoms with van der Waals surface area (Å²) in [5.41, 5.74) is 0. The fourth-order valence-electron chi connectivity index (χ4n) is 2.86. The lowest BCUT2D eigenvalue weighted by atomic mass is 9.99. The van der Waals surface area contributed by atoms with Crippen molar-refractivity contribution in [3.05, 3.63) is 23.2 Å². The summed E-state index contributed by atoms with van der Waals surface area (Å²) in [6.45, 7) is 5.29. The predicted octanol–water partition coefficient (Wildman–Crippen LogP) is 2.67. The van der Waals surface area contributed by atoms with Crippen molar-refractivity contribution in [2.45, 2.75) is 38.0 Å². The predicted molar refractivity (Wildman–Crippen MR) is 97.4 cm³/mol. The second kappa shape index (κ2) is 8.87. The number of carbonyl (C=O) groups is 1. The van der Waals surface area contributed by atoms with Gasteiger partial charge in [0.05, 0.1) is 12.5 Å². The molecule has 8 heteroatoms. The molecular weight excluding hydrogens is 364 g/mol. The van der Waals surface area contributed by atoms with Gasteiger partial charge in [0, 0.05) is 24.7 Å². The summed E-state index contributed by atoms with van der Waals surface area (Å²) in [6, 6.07) is 4.57. The second-order valence-electron chi connectivity index (χ2n) is 6.02. The smallest absolute Gasteiger partial charge is 0.246 e. The van der Waals surface area contributed by atoms with Crippen molar-refractivity contribution < 1.29 is 17.9 Å². The first kappa shape index (κ1) is 20.0. The van der Waals surface area contributed by atoms with Gasteiger partial charge in [-0.25, -0.2) is 8.42 Å². The largest absolute Gasteiger partial charge is 0.492 e. The van der Waals surface area contributed by atoms with Crippen LogP contribution in [-0.2, 0) is 14.8 Å². The number of piperidine rings is 1. The van der Waals surface area contributed by atoms with E-state index in [2.05, 4.69) is 5.32 Å². The highest BCUT2D eigenvalue weighted by atomic mass is 35.5. The van der Waals surface area contributed by atoms with Crippen LogP contribution in [0.1, 0.15) is 33.1 Å². The molecule has 1 aromatic carbocycles. The van der Waals surface area contributed by atoms with Gasteiger partial charge in [0.25, 0.3) is 0 Å². The summed E-state index contributed by atoms with van der Waals surface area (Å²) in [5, 5.41) is 3.18. The maximum absolute atomic E-state index is 13.1. The second-order valence-corrected chi connectivity index (χ2v) is 8.36. The molecule has 1 aliphatic heterocycles. The van der Waals surface area contributed by atoms with Gasteiger partial charge in [-0.15, -0.1) is 0 Å². The van der Waals surface area contributed by atoms with Crippen molar-refractivity contribution in [2.24, 2.45) is 5.92 Å². The van der Waals surface area contributed by atoms with E-state index in [1.165, 1.54) is 10.4 Å². The van der Waals surface area contributed by atoms with E-state index in [-0.39, 0.29) is 29.0 Å². The molecule has 1 saturated heterocycles.